The third kappa shape index (κ3) is 3.96. The van der Waals surface area contributed by atoms with Crippen LogP contribution in [0.25, 0.3) is 0 Å². The largest absolute Gasteiger partial charge is 0.368 e. The molecule has 0 aromatic heterocycles. The van der Waals surface area contributed by atoms with Crippen LogP contribution >= 0.6 is 0 Å². The number of carbonyl (C=O) groups excluding carboxylic acids is 2. The number of hydrogen-bond acceptors (Lipinski definition) is 3. The summed E-state index contributed by atoms with van der Waals surface area (Å²) in [5.74, 6) is 0.0582. The Labute approximate surface area is 143 Å². The lowest BCUT2D eigenvalue weighted by Gasteiger charge is -2.40. The smallest absolute Gasteiger partial charge is 0.236 e. The molecular weight excluding hydrogens is 302 g/mol. The number of nitrogens with zero attached hydrogens (tertiary/aromatic N) is 2. The quantitative estimate of drug-likeness (QED) is 0.888. The molecule has 0 bridgehead atoms. The Morgan fingerprint density at radius 3 is 2.46 bits per heavy atom. The predicted molar refractivity (Wildman–Crippen MR) is 93.2 cm³/mol. The van der Waals surface area contributed by atoms with Gasteiger partial charge in [-0.1, -0.05) is 43.2 Å². The summed E-state index contributed by atoms with van der Waals surface area (Å²) in [6.45, 7) is 2.66. The number of amides is 2. The second kappa shape index (κ2) is 7.79. The minimum Gasteiger partial charge on any atom is -0.368 e. The molecule has 1 saturated heterocycles. The monoisotopic (exact) mass is 329 g/mol. The second-order valence-electron chi connectivity index (χ2n) is 6.96. The van der Waals surface area contributed by atoms with Gasteiger partial charge < -0.3 is 10.6 Å². The van der Waals surface area contributed by atoms with Crippen LogP contribution < -0.4 is 5.73 Å². The van der Waals surface area contributed by atoms with E-state index in [1.165, 1.54) is 5.56 Å². The summed E-state index contributed by atoms with van der Waals surface area (Å²) in [5.41, 5.74) is 6.88. The molecule has 2 amide bonds. The van der Waals surface area contributed by atoms with E-state index in [0.717, 1.165) is 45.2 Å². The second-order valence-corrected chi connectivity index (χ2v) is 6.96. The molecule has 0 spiro atoms. The van der Waals surface area contributed by atoms with Crippen molar-refractivity contribution >= 4 is 11.8 Å². The lowest BCUT2D eigenvalue weighted by atomic mass is 10.0. The average molecular weight is 329 g/mol. The molecule has 3 rings (SSSR count). The van der Waals surface area contributed by atoms with Crippen LogP contribution in [0, 0.1) is 5.92 Å². The number of nitrogens with two attached hydrogens (primary N) is 1. The van der Waals surface area contributed by atoms with Gasteiger partial charge in [-0.2, -0.15) is 0 Å². The normalized spacial score (nSPS) is 22.7. The van der Waals surface area contributed by atoms with Crippen molar-refractivity contribution in [3.63, 3.8) is 0 Å². The highest BCUT2D eigenvalue weighted by atomic mass is 16.2. The van der Waals surface area contributed by atoms with E-state index in [1.54, 1.807) is 0 Å². The van der Waals surface area contributed by atoms with E-state index in [-0.39, 0.29) is 23.8 Å². The van der Waals surface area contributed by atoms with Crippen molar-refractivity contribution in [2.75, 3.05) is 26.2 Å². The summed E-state index contributed by atoms with van der Waals surface area (Å²) in [6, 6.07) is 9.88. The molecule has 1 saturated carbocycles. The van der Waals surface area contributed by atoms with Gasteiger partial charge in [0.15, 0.2) is 0 Å². The number of piperazine rings is 1. The molecule has 1 heterocycles. The first-order valence-corrected chi connectivity index (χ1v) is 9.01. The lowest BCUT2D eigenvalue weighted by Crippen LogP contribution is -2.60. The molecule has 2 fully saturated rings. The minimum atomic E-state index is -0.368. The van der Waals surface area contributed by atoms with Gasteiger partial charge in [-0.15, -0.1) is 0 Å². The zero-order valence-electron chi connectivity index (χ0n) is 14.2. The third-order valence-electron chi connectivity index (χ3n) is 5.37. The maximum atomic E-state index is 12.6. The fourth-order valence-corrected chi connectivity index (χ4v) is 3.91. The first-order valence-electron chi connectivity index (χ1n) is 9.01. The van der Waals surface area contributed by atoms with Gasteiger partial charge in [0.1, 0.15) is 6.04 Å². The van der Waals surface area contributed by atoms with Gasteiger partial charge in [-0.05, 0) is 24.8 Å². The van der Waals surface area contributed by atoms with E-state index in [4.69, 9.17) is 5.73 Å². The van der Waals surface area contributed by atoms with Crippen LogP contribution in [0.2, 0.25) is 0 Å². The van der Waals surface area contributed by atoms with Crippen LogP contribution in [0.15, 0.2) is 30.3 Å². The van der Waals surface area contributed by atoms with Gasteiger partial charge in [-0.3, -0.25) is 14.5 Å². The molecule has 1 aliphatic heterocycles. The fraction of sp³-hybridized carbons (Fsp3) is 0.579. The maximum Gasteiger partial charge on any atom is 0.236 e. The van der Waals surface area contributed by atoms with Crippen molar-refractivity contribution in [3.8, 4) is 0 Å². The maximum absolute atomic E-state index is 12.6. The molecule has 5 nitrogen and oxygen atoms in total. The van der Waals surface area contributed by atoms with E-state index >= 15 is 0 Å². The first kappa shape index (κ1) is 17.0. The third-order valence-corrected chi connectivity index (χ3v) is 5.37. The summed E-state index contributed by atoms with van der Waals surface area (Å²) in [7, 11) is 0. The molecule has 2 aliphatic rings. The Hall–Kier alpha value is -1.88. The molecular formula is C19H27N3O2. The minimum absolute atomic E-state index is 0.161. The molecule has 130 valence electrons. The Balaban J connectivity index is 1.59. The van der Waals surface area contributed by atoms with Gasteiger partial charge in [0.2, 0.25) is 11.8 Å². The summed E-state index contributed by atoms with van der Waals surface area (Å²) in [4.78, 5) is 28.5. The topological polar surface area (TPSA) is 66.6 Å². The Morgan fingerprint density at radius 1 is 1.08 bits per heavy atom. The Kier molecular flexibility index (Phi) is 5.51. The zero-order valence-corrected chi connectivity index (χ0v) is 14.2. The highest BCUT2D eigenvalue weighted by Crippen LogP contribution is 2.27. The molecule has 1 aromatic rings. The summed E-state index contributed by atoms with van der Waals surface area (Å²) < 4.78 is 0. The SMILES string of the molecule is NC(=O)[C@@H]1CN(C(=O)C2CCCC2)CCN1CCc1ccccc1. The number of benzene rings is 1. The Morgan fingerprint density at radius 2 is 1.79 bits per heavy atom. The standard InChI is InChI=1S/C19H27N3O2/c20-18(23)17-14-22(19(24)16-8-4-5-9-16)13-12-21(17)11-10-15-6-2-1-3-7-15/h1-3,6-7,16-17H,4-5,8-14H2,(H2,20,23)/t17-/m0/s1. The van der Waals surface area contributed by atoms with Gasteiger partial charge in [0.05, 0.1) is 0 Å². The summed E-state index contributed by atoms with van der Waals surface area (Å²) >= 11 is 0. The number of carbonyl (C=O) groups is 2. The van der Waals surface area contributed by atoms with Gasteiger partial charge in [0.25, 0.3) is 0 Å². The van der Waals surface area contributed by atoms with E-state index in [9.17, 15) is 9.59 Å². The summed E-state index contributed by atoms with van der Waals surface area (Å²) in [5, 5.41) is 0. The molecule has 2 N–H and O–H groups in total. The van der Waals surface area contributed by atoms with E-state index in [1.807, 2.05) is 23.1 Å². The molecule has 5 heteroatoms. The lowest BCUT2D eigenvalue weighted by molar-refractivity contribution is -0.140. The molecule has 1 aromatic carbocycles. The van der Waals surface area contributed by atoms with Gasteiger partial charge in [0, 0.05) is 32.1 Å². The van der Waals surface area contributed by atoms with Crippen molar-refractivity contribution in [2.45, 2.75) is 38.1 Å². The van der Waals surface area contributed by atoms with Crippen LogP contribution in [0.1, 0.15) is 31.2 Å². The van der Waals surface area contributed by atoms with Crippen molar-refractivity contribution in [2.24, 2.45) is 11.7 Å². The van der Waals surface area contributed by atoms with Crippen LogP contribution in [-0.2, 0) is 16.0 Å². The highest BCUT2D eigenvalue weighted by Gasteiger charge is 2.35. The van der Waals surface area contributed by atoms with Crippen LogP contribution in [-0.4, -0.2) is 53.8 Å². The Bertz CT molecular complexity index is 569. The zero-order chi connectivity index (χ0) is 16.9. The molecule has 1 atom stereocenters. The van der Waals surface area contributed by atoms with Crippen LogP contribution in [0.4, 0.5) is 0 Å². The fourth-order valence-electron chi connectivity index (χ4n) is 3.91. The molecule has 0 unspecified atom stereocenters. The van der Waals surface area contributed by atoms with Gasteiger partial charge in [-0.25, -0.2) is 0 Å². The summed E-state index contributed by atoms with van der Waals surface area (Å²) in [6.07, 6.45) is 5.17. The van der Waals surface area contributed by atoms with Crippen molar-refractivity contribution in [1.29, 1.82) is 0 Å². The van der Waals surface area contributed by atoms with Crippen LogP contribution in [0.3, 0.4) is 0 Å². The number of rotatable bonds is 5. The van der Waals surface area contributed by atoms with E-state index in [0.29, 0.717) is 13.1 Å². The first-order chi connectivity index (χ1) is 11.6. The van der Waals surface area contributed by atoms with Gasteiger partial charge >= 0.3 is 0 Å². The highest BCUT2D eigenvalue weighted by molar-refractivity contribution is 5.83. The van der Waals surface area contributed by atoms with E-state index < -0.39 is 0 Å². The number of primary amides is 1. The van der Waals surface area contributed by atoms with Crippen molar-refractivity contribution < 1.29 is 9.59 Å². The van der Waals surface area contributed by atoms with E-state index in [2.05, 4.69) is 17.0 Å². The average Bonchev–Trinajstić information content (AvgIpc) is 3.14. The van der Waals surface area contributed by atoms with Crippen molar-refractivity contribution in [3.05, 3.63) is 35.9 Å². The van der Waals surface area contributed by atoms with Crippen LogP contribution in [0.5, 0.6) is 0 Å². The molecule has 0 radical (unpaired) electrons. The predicted octanol–water partition coefficient (Wildman–Crippen LogP) is 1.42. The molecule has 1 aliphatic carbocycles. The molecule has 24 heavy (non-hydrogen) atoms. The van der Waals surface area contributed by atoms with Crippen molar-refractivity contribution in [1.82, 2.24) is 9.80 Å². The number of hydrogen-bond donors (Lipinski definition) is 1.